The van der Waals surface area contributed by atoms with Gasteiger partial charge in [0.25, 0.3) is 0 Å². The number of nitrogens with one attached hydrogen (secondary N) is 1. The lowest BCUT2D eigenvalue weighted by atomic mass is 10.2. The minimum absolute atomic E-state index is 0.489. The third kappa shape index (κ3) is 3.04. The van der Waals surface area contributed by atoms with Gasteiger partial charge in [0.05, 0.1) is 10.0 Å². The highest BCUT2D eigenvalue weighted by molar-refractivity contribution is 6.42. The van der Waals surface area contributed by atoms with Crippen molar-refractivity contribution in [2.24, 2.45) is 0 Å². The summed E-state index contributed by atoms with van der Waals surface area (Å²) in [6.45, 7) is 1.96. The molecule has 0 radical (unpaired) electrons. The SMILES string of the molecule is CNc1nc(-c2ccc(Cl)c(Cl)c2)nc(N2CCCC2)n1. The number of benzene rings is 1. The van der Waals surface area contributed by atoms with Crippen LogP contribution in [0.4, 0.5) is 11.9 Å². The van der Waals surface area contributed by atoms with Crippen LogP contribution in [-0.4, -0.2) is 35.1 Å². The summed E-state index contributed by atoms with van der Waals surface area (Å²) < 4.78 is 0. The van der Waals surface area contributed by atoms with Crippen molar-refractivity contribution in [1.82, 2.24) is 15.0 Å². The second-order valence-corrected chi connectivity index (χ2v) is 5.67. The molecule has 1 saturated heterocycles. The van der Waals surface area contributed by atoms with Crippen LogP contribution in [0.25, 0.3) is 11.4 Å². The Morgan fingerprint density at radius 2 is 1.81 bits per heavy atom. The summed E-state index contributed by atoms with van der Waals surface area (Å²) in [5, 5.41) is 3.98. The molecule has 3 rings (SSSR count). The molecule has 7 heteroatoms. The molecule has 1 aromatic heterocycles. The van der Waals surface area contributed by atoms with Crippen LogP contribution < -0.4 is 10.2 Å². The summed E-state index contributed by atoms with van der Waals surface area (Å²) in [4.78, 5) is 15.6. The van der Waals surface area contributed by atoms with Crippen molar-refractivity contribution in [3.05, 3.63) is 28.2 Å². The molecule has 1 aromatic carbocycles. The number of hydrogen-bond acceptors (Lipinski definition) is 5. The fraction of sp³-hybridized carbons (Fsp3) is 0.357. The molecular formula is C14H15Cl2N5. The highest BCUT2D eigenvalue weighted by Crippen LogP contribution is 2.28. The van der Waals surface area contributed by atoms with E-state index in [1.54, 1.807) is 19.2 Å². The van der Waals surface area contributed by atoms with E-state index in [1.165, 1.54) is 12.8 Å². The Kier molecular flexibility index (Phi) is 4.12. The quantitative estimate of drug-likeness (QED) is 0.937. The van der Waals surface area contributed by atoms with Crippen molar-refractivity contribution < 1.29 is 0 Å². The zero-order valence-corrected chi connectivity index (χ0v) is 13.1. The zero-order chi connectivity index (χ0) is 14.8. The van der Waals surface area contributed by atoms with E-state index in [0.29, 0.717) is 27.8 Å². The van der Waals surface area contributed by atoms with Crippen LogP contribution in [0.15, 0.2) is 18.2 Å². The normalized spacial score (nSPS) is 14.5. The van der Waals surface area contributed by atoms with Crippen molar-refractivity contribution in [1.29, 1.82) is 0 Å². The molecular weight excluding hydrogens is 309 g/mol. The maximum atomic E-state index is 6.08. The summed E-state index contributed by atoms with van der Waals surface area (Å²) in [6.07, 6.45) is 2.34. The van der Waals surface area contributed by atoms with Gasteiger partial charge in [-0.25, -0.2) is 0 Å². The average molecular weight is 324 g/mol. The molecule has 0 aliphatic carbocycles. The predicted octanol–water partition coefficient (Wildman–Crippen LogP) is 3.49. The van der Waals surface area contributed by atoms with Crippen LogP contribution in [0.5, 0.6) is 0 Å². The van der Waals surface area contributed by atoms with Crippen molar-refractivity contribution in [2.75, 3.05) is 30.4 Å². The predicted molar refractivity (Wildman–Crippen MR) is 86.3 cm³/mol. The minimum atomic E-state index is 0.489. The number of rotatable bonds is 3. The first-order valence-corrected chi connectivity index (χ1v) is 7.57. The Hall–Kier alpha value is -1.59. The summed E-state index contributed by atoms with van der Waals surface area (Å²) in [5.74, 6) is 1.84. The Morgan fingerprint density at radius 3 is 2.48 bits per heavy atom. The number of aromatic nitrogens is 3. The second-order valence-electron chi connectivity index (χ2n) is 4.86. The lowest BCUT2D eigenvalue weighted by Crippen LogP contribution is -2.21. The van der Waals surface area contributed by atoms with Gasteiger partial charge in [-0.2, -0.15) is 15.0 Å². The monoisotopic (exact) mass is 323 g/mol. The Bertz CT molecular complexity index is 656. The molecule has 0 amide bonds. The van der Waals surface area contributed by atoms with Crippen LogP contribution in [-0.2, 0) is 0 Å². The van der Waals surface area contributed by atoms with Gasteiger partial charge in [0.2, 0.25) is 11.9 Å². The minimum Gasteiger partial charge on any atom is -0.357 e. The van der Waals surface area contributed by atoms with E-state index in [4.69, 9.17) is 23.2 Å². The summed E-state index contributed by atoms with van der Waals surface area (Å²) in [5.41, 5.74) is 0.823. The van der Waals surface area contributed by atoms with Gasteiger partial charge >= 0.3 is 0 Å². The number of nitrogens with zero attached hydrogens (tertiary/aromatic N) is 4. The molecule has 0 bridgehead atoms. The molecule has 110 valence electrons. The molecule has 5 nitrogen and oxygen atoms in total. The van der Waals surface area contributed by atoms with E-state index in [-0.39, 0.29) is 0 Å². The molecule has 0 spiro atoms. The number of halogens is 2. The summed E-state index contributed by atoms with van der Waals surface area (Å²) >= 11 is 12.0. The van der Waals surface area contributed by atoms with Crippen LogP contribution in [0, 0.1) is 0 Å². The van der Waals surface area contributed by atoms with E-state index in [0.717, 1.165) is 18.7 Å². The lowest BCUT2D eigenvalue weighted by Gasteiger charge is -2.16. The van der Waals surface area contributed by atoms with Crippen LogP contribution in [0.1, 0.15) is 12.8 Å². The zero-order valence-electron chi connectivity index (χ0n) is 11.6. The summed E-state index contributed by atoms with van der Waals surface area (Å²) in [7, 11) is 1.79. The molecule has 0 saturated carbocycles. The van der Waals surface area contributed by atoms with Gasteiger partial charge in [0.15, 0.2) is 5.82 Å². The molecule has 2 heterocycles. The standard InChI is InChI=1S/C14H15Cl2N5/c1-17-13-18-12(9-4-5-10(15)11(16)8-9)19-14(20-13)21-6-2-3-7-21/h4-5,8H,2-3,6-7H2,1H3,(H,17,18,19,20). The van der Waals surface area contributed by atoms with Gasteiger partial charge in [0.1, 0.15) is 0 Å². The van der Waals surface area contributed by atoms with E-state index in [2.05, 4.69) is 25.2 Å². The van der Waals surface area contributed by atoms with Crippen LogP contribution in [0.3, 0.4) is 0 Å². The molecule has 1 aliphatic heterocycles. The molecule has 0 unspecified atom stereocenters. The van der Waals surface area contributed by atoms with E-state index < -0.39 is 0 Å². The second kappa shape index (κ2) is 6.03. The fourth-order valence-corrected chi connectivity index (χ4v) is 2.60. The van der Waals surface area contributed by atoms with Gasteiger partial charge in [-0.1, -0.05) is 23.2 Å². The molecule has 0 atom stereocenters. The Labute approximate surface area is 133 Å². The largest absolute Gasteiger partial charge is 0.357 e. The summed E-state index contributed by atoms with van der Waals surface area (Å²) in [6, 6.07) is 5.38. The number of anilines is 2. The van der Waals surface area contributed by atoms with Crippen molar-refractivity contribution >= 4 is 35.1 Å². The first-order valence-electron chi connectivity index (χ1n) is 6.81. The van der Waals surface area contributed by atoms with E-state index in [9.17, 15) is 0 Å². The molecule has 1 fully saturated rings. The Balaban J connectivity index is 2.04. The molecule has 1 N–H and O–H groups in total. The smallest absolute Gasteiger partial charge is 0.230 e. The van der Waals surface area contributed by atoms with Crippen molar-refractivity contribution in [3.8, 4) is 11.4 Å². The highest BCUT2D eigenvalue weighted by atomic mass is 35.5. The van der Waals surface area contributed by atoms with Gasteiger partial charge in [-0.15, -0.1) is 0 Å². The van der Waals surface area contributed by atoms with Crippen LogP contribution >= 0.6 is 23.2 Å². The topological polar surface area (TPSA) is 53.9 Å². The Morgan fingerprint density at radius 1 is 1.05 bits per heavy atom. The van der Waals surface area contributed by atoms with E-state index >= 15 is 0 Å². The number of hydrogen-bond donors (Lipinski definition) is 1. The lowest BCUT2D eigenvalue weighted by molar-refractivity contribution is 0.885. The molecule has 1 aliphatic rings. The average Bonchev–Trinajstić information content (AvgIpc) is 3.04. The highest BCUT2D eigenvalue weighted by Gasteiger charge is 2.18. The van der Waals surface area contributed by atoms with Crippen LogP contribution in [0.2, 0.25) is 10.0 Å². The maximum Gasteiger partial charge on any atom is 0.230 e. The third-order valence-corrected chi connectivity index (χ3v) is 4.15. The van der Waals surface area contributed by atoms with Crippen molar-refractivity contribution in [2.45, 2.75) is 12.8 Å². The first kappa shape index (κ1) is 14.4. The maximum absolute atomic E-state index is 6.08. The van der Waals surface area contributed by atoms with Gasteiger partial charge in [-0.05, 0) is 31.0 Å². The molecule has 2 aromatic rings. The third-order valence-electron chi connectivity index (χ3n) is 3.41. The van der Waals surface area contributed by atoms with E-state index in [1.807, 2.05) is 6.07 Å². The van der Waals surface area contributed by atoms with Gasteiger partial charge in [0, 0.05) is 25.7 Å². The van der Waals surface area contributed by atoms with Gasteiger partial charge in [-0.3, -0.25) is 0 Å². The molecule has 21 heavy (non-hydrogen) atoms. The van der Waals surface area contributed by atoms with Gasteiger partial charge < -0.3 is 10.2 Å². The first-order chi connectivity index (χ1) is 10.2. The fourth-order valence-electron chi connectivity index (χ4n) is 2.30. The van der Waals surface area contributed by atoms with Crippen molar-refractivity contribution in [3.63, 3.8) is 0 Å².